The largest absolute Gasteiger partial charge is 0.481 e. The number of amides is 1. The highest BCUT2D eigenvalue weighted by Gasteiger charge is 2.06. The van der Waals surface area contributed by atoms with Gasteiger partial charge < -0.3 is 15.2 Å². The van der Waals surface area contributed by atoms with E-state index in [1.54, 1.807) is 12.1 Å². The van der Waals surface area contributed by atoms with Crippen molar-refractivity contribution >= 4 is 12.1 Å². The van der Waals surface area contributed by atoms with E-state index < -0.39 is 12.1 Å². The van der Waals surface area contributed by atoms with E-state index >= 15 is 0 Å². The van der Waals surface area contributed by atoms with E-state index in [-0.39, 0.29) is 13.0 Å². The summed E-state index contributed by atoms with van der Waals surface area (Å²) in [6, 6.07) is 7.09. The zero-order chi connectivity index (χ0) is 12.0. The summed E-state index contributed by atoms with van der Waals surface area (Å²) in [5.41, 5.74) is 0.843. The predicted molar refractivity (Wildman–Crippen MR) is 57.5 cm³/mol. The molecule has 86 valence electrons. The van der Waals surface area contributed by atoms with Crippen molar-refractivity contribution in [1.29, 1.82) is 0 Å². The summed E-state index contributed by atoms with van der Waals surface area (Å²) in [6.07, 6.45) is -0.765. The fraction of sp³-hybridized carbons (Fsp3) is 0.273. The molecule has 2 N–H and O–H groups in total. The van der Waals surface area contributed by atoms with Crippen LogP contribution in [0.5, 0.6) is 5.75 Å². The number of para-hydroxylation sites is 1. The summed E-state index contributed by atoms with van der Waals surface area (Å²) in [7, 11) is 0. The van der Waals surface area contributed by atoms with Crippen LogP contribution in [0.1, 0.15) is 12.0 Å². The zero-order valence-corrected chi connectivity index (χ0v) is 8.90. The van der Waals surface area contributed by atoms with Gasteiger partial charge in [0.25, 0.3) is 0 Å². The van der Waals surface area contributed by atoms with Crippen LogP contribution in [-0.2, 0) is 4.79 Å². The second kappa shape index (κ2) is 5.75. The fourth-order valence-corrected chi connectivity index (χ4v) is 1.08. The van der Waals surface area contributed by atoms with Crippen molar-refractivity contribution in [3.8, 4) is 5.75 Å². The Morgan fingerprint density at radius 3 is 2.69 bits per heavy atom. The minimum Gasteiger partial charge on any atom is -0.481 e. The first-order valence-electron chi connectivity index (χ1n) is 4.82. The molecule has 0 spiro atoms. The summed E-state index contributed by atoms with van der Waals surface area (Å²) >= 11 is 0. The molecule has 1 aromatic carbocycles. The number of aliphatic carboxylic acids is 1. The highest BCUT2D eigenvalue weighted by atomic mass is 16.6. The number of hydrogen-bond donors (Lipinski definition) is 2. The number of carboxylic acid groups (broad SMARTS) is 1. The van der Waals surface area contributed by atoms with Gasteiger partial charge in [-0.2, -0.15) is 0 Å². The zero-order valence-electron chi connectivity index (χ0n) is 8.90. The lowest BCUT2D eigenvalue weighted by molar-refractivity contribution is -0.136. The Hall–Kier alpha value is -2.04. The molecule has 0 aromatic heterocycles. The normalized spacial score (nSPS) is 9.56. The molecule has 16 heavy (non-hydrogen) atoms. The second-order valence-electron chi connectivity index (χ2n) is 3.23. The van der Waals surface area contributed by atoms with E-state index in [0.717, 1.165) is 5.56 Å². The third kappa shape index (κ3) is 4.00. The number of carbonyl (C=O) groups excluding carboxylic acids is 1. The quantitative estimate of drug-likeness (QED) is 0.812. The fourth-order valence-electron chi connectivity index (χ4n) is 1.08. The molecule has 5 heteroatoms. The van der Waals surface area contributed by atoms with Gasteiger partial charge in [0.15, 0.2) is 0 Å². The molecule has 0 radical (unpaired) electrons. The number of benzene rings is 1. The molecule has 1 aromatic rings. The predicted octanol–water partition coefficient (Wildman–Crippen LogP) is 1.56. The first kappa shape index (κ1) is 12.0. The molecular formula is C11H13NO4. The summed E-state index contributed by atoms with van der Waals surface area (Å²) in [5, 5.41) is 10.7. The van der Waals surface area contributed by atoms with Crippen LogP contribution >= 0.6 is 0 Å². The van der Waals surface area contributed by atoms with Crippen molar-refractivity contribution in [2.75, 3.05) is 6.54 Å². The van der Waals surface area contributed by atoms with Gasteiger partial charge in [0, 0.05) is 6.54 Å². The lowest BCUT2D eigenvalue weighted by atomic mass is 10.2. The lowest BCUT2D eigenvalue weighted by Crippen LogP contribution is -2.29. The molecule has 0 aliphatic heterocycles. The molecule has 0 heterocycles. The monoisotopic (exact) mass is 223 g/mol. The highest BCUT2D eigenvalue weighted by Crippen LogP contribution is 2.15. The van der Waals surface area contributed by atoms with E-state index in [9.17, 15) is 9.59 Å². The smallest absolute Gasteiger partial charge is 0.412 e. The van der Waals surface area contributed by atoms with Gasteiger partial charge >= 0.3 is 12.1 Å². The molecule has 0 saturated heterocycles. The van der Waals surface area contributed by atoms with Gasteiger partial charge in [0.1, 0.15) is 5.75 Å². The van der Waals surface area contributed by atoms with Gasteiger partial charge in [-0.05, 0) is 18.6 Å². The molecule has 0 atom stereocenters. The topological polar surface area (TPSA) is 75.6 Å². The maximum Gasteiger partial charge on any atom is 0.412 e. The number of nitrogens with one attached hydrogen (secondary N) is 1. The van der Waals surface area contributed by atoms with Crippen molar-refractivity contribution in [2.45, 2.75) is 13.3 Å². The number of aryl methyl sites for hydroxylation is 1. The van der Waals surface area contributed by atoms with E-state index in [4.69, 9.17) is 9.84 Å². The Balaban J connectivity index is 2.40. The van der Waals surface area contributed by atoms with Crippen LogP contribution in [0.15, 0.2) is 24.3 Å². The molecule has 1 amide bonds. The van der Waals surface area contributed by atoms with Crippen LogP contribution in [0.2, 0.25) is 0 Å². The molecule has 1 rings (SSSR count). The van der Waals surface area contributed by atoms with Crippen molar-refractivity contribution in [3.05, 3.63) is 29.8 Å². The minimum atomic E-state index is -0.962. The third-order valence-electron chi connectivity index (χ3n) is 1.90. The molecule has 0 fully saturated rings. The van der Waals surface area contributed by atoms with Crippen LogP contribution < -0.4 is 10.1 Å². The molecule has 5 nitrogen and oxygen atoms in total. The van der Waals surface area contributed by atoms with Gasteiger partial charge in [-0.3, -0.25) is 4.79 Å². The Labute approximate surface area is 93.0 Å². The Bertz CT molecular complexity index is 389. The Kier molecular flexibility index (Phi) is 4.32. The van der Waals surface area contributed by atoms with Gasteiger partial charge in [0.2, 0.25) is 0 Å². The Morgan fingerprint density at radius 2 is 2.06 bits per heavy atom. The number of carbonyl (C=O) groups is 2. The van der Waals surface area contributed by atoms with Gasteiger partial charge in [-0.25, -0.2) is 4.79 Å². The van der Waals surface area contributed by atoms with Crippen molar-refractivity contribution < 1.29 is 19.4 Å². The Morgan fingerprint density at radius 1 is 1.38 bits per heavy atom. The maximum atomic E-state index is 11.2. The van der Waals surface area contributed by atoms with Crippen molar-refractivity contribution in [1.82, 2.24) is 5.32 Å². The highest BCUT2D eigenvalue weighted by molar-refractivity contribution is 5.72. The van der Waals surface area contributed by atoms with Gasteiger partial charge in [0.05, 0.1) is 6.42 Å². The molecule has 0 unspecified atom stereocenters. The van der Waals surface area contributed by atoms with Crippen LogP contribution in [-0.4, -0.2) is 23.7 Å². The number of carboxylic acids is 1. The molecule has 0 saturated carbocycles. The van der Waals surface area contributed by atoms with Gasteiger partial charge in [-0.15, -0.1) is 0 Å². The van der Waals surface area contributed by atoms with Crippen LogP contribution in [0.4, 0.5) is 4.79 Å². The average molecular weight is 223 g/mol. The van der Waals surface area contributed by atoms with Crippen LogP contribution in [0, 0.1) is 6.92 Å². The SMILES string of the molecule is Cc1ccccc1OC(=O)NCCC(=O)O. The van der Waals surface area contributed by atoms with E-state index in [0.29, 0.717) is 5.75 Å². The van der Waals surface area contributed by atoms with E-state index in [1.807, 2.05) is 19.1 Å². The van der Waals surface area contributed by atoms with Crippen LogP contribution in [0.3, 0.4) is 0 Å². The number of rotatable bonds is 4. The number of hydrogen-bond acceptors (Lipinski definition) is 3. The summed E-state index contributed by atoms with van der Waals surface area (Å²) in [5.74, 6) is -0.494. The molecule has 0 aliphatic carbocycles. The standard InChI is InChI=1S/C11H13NO4/c1-8-4-2-3-5-9(8)16-11(15)12-7-6-10(13)14/h2-5H,6-7H2,1H3,(H,12,15)(H,13,14). The summed E-state index contributed by atoms with van der Waals surface area (Å²) in [6.45, 7) is 1.87. The molecule has 0 bridgehead atoms. The minimum absolute atomic E-state index is 0.0556. The summed E-state index contributed by atoms with van der Waals surface area (Å²) < 4.78 is 4.98. The lowest BCUT2D eigenvalue weighted by Gasteiger charge is -2.07. The molecule has 0 aliphatic rings. The summed E-state index contributed by atoms with van der Waals surface area (Å²) in [4.78, 5) is 21.4. The van der Waals surface area contributed by atoms with Gasteiger partial charge in [-0.1, -0.05) is 18.2 Å². The third-order valence-corrected chi connectivity index (χ3v) is 1.90. The van der Waals surface area contributed by atoms with Crippen molar-refractivity contribution in [2.24, 2.45) is 0 Å². The maximum absolute atomic E-state index is 11.2. The number of ether oxygens (including phenoxy) is 1. The van der Waals surface area contributed by atoms with Crippen molar-refractivity contribution in [3.63, 3.8) is 0 Å². The molecular weight excluding hydrogens is 210 g/mol. The first-order valence-corrected chi connectivity index (χ1v) is 4.82. The first-order chi connectivity index (χ1) is 7.59. The second-order valence-corrected chi connectivity index (χ2v) is 3.23. The average Bonchev–Trinajstić information content (AvgIpc) is 2.21. The van der Waals surface area contributed by atoms with E-state index in [2.05, 4.69) is 5.32 Å². The van der Waals surface area contributed by atoms with E-state index in [1.165, 1.54) is 0 Å². The van der Waals surface area contributed by atoms with Crippen LogP contribution in [0.25, 0.3) is 0 Å².